The molecule has 6 heteroatoms. The standard InChI is InChI=1S/C22H32O6/c1-15(2)21(25)27-13-5-7-19(23)17-9-11-18(12-10-17)20(24)8-6-14-28-22(26)16(3)4/h17-18H,1,3,5-14H2,2,4H3. The van der Waals surface area contributed by atoms with Crippen LogP contribution >= 0.6 is 0 Å². The molecule has 0 heterocycles. The quantitative estimate of drug-likeness (QED) is 0.286. The Hall–Kier alpha value is -2.24. The summed E-state index contributed by atoms with van der Waals surface area (Å²) in [5.41, 5.74) is 0.701. The van der Waals surface area contributed by atoms with Gasteiger partial charge in [0.25, 0.3) is 0 Å². The van der Waals surface area contributed by atoms with Crippen LogP contribution in [0.1, 0.15) is 65.2 Å². The summed E-state index contributed by atoms with van der Waals surface area (Å²) in [5.74, 6) is -0.496. The number of Topliss-reactive ketones (excluding diaryl/α,β-unsaturated/α-hetero) is 2. The van der Waals surface area contributed by atoms with E-state index in [1.165, 1.54) is 0 Å². The molecule has 6 nitrogen and oxygen atoms in total. The Morgan fingerprint density at radius 1 is 0.714 bits per heavy atom. The molecule has 1 aliphatic carbocycles. The molecule has 0 unspecified atom stereocenters. The molecule has 28 heavy (non-hydrogen) atoms. The summed E-state index contributed by atoms with van der Waals surface area (Å²) in [7, 11) is 0. The minimum absolute atomic E-state index is 0.00240. The molecule has 0 spiro atoms. The zero-order chi connectivity index (χ0) is 21.1. The van der Waals surface area contributed by atoms with Gasteiger partial charge in [-0.3, -0.25) is 9.59 Å². The highest BCUT2D eigenvalue weighted by Crippen LogP contribution is 2.31. The number of hydrogen-bond donors (Lipinski definition) is 0. The molecule has 0 amide bonds. The first kappa shape index (κ1) is 23.8. The summed E-state index contributed by atoms with van der Waals surface area (Å²) in [6.45, 7) is 10.6. The van der Waals surface area contributed by atoms with Crippen LogP contribution in [-0.4, -0.2) is 36.7 Å². The van der Waals surface area contributed by atoms with Crippen molar-refractivity contribution in [2.45, 2.75) is 65.2 Å². The Kier molecular flexibility index (Phi) is 10.4. The Labute approximate surface area is 167 Å². The van der Waals surface area contributed by atoms with Crippen LogP contribution in [0.2, 0.25) is 0 Å². The number of esters is 2. The molecule has 0 aromatic rings. The lowest BCUT2D eigenvalue weighted by molar-refractivity contribution is -0.140. The first-order valence-electron chi connectivity index (χ1n) is 9.93. The van der Waals surface area contributed by atoms with E-state index in [1.807, 2.05) is 0 Å². The zero-order valence-corrected chi connectivity index (χ0v) is 17.1. The number of hydrogen-bond acceptors (Lipinski definition) is 6. The second-order valence-electron chi connectivity index (χ2n) is 7.52. The van der Waals surface area contributed by atoms with Crippen molar-refractivity contribution in [3.63, 3.8) is 0 Å². The molecule has 0 radical (unpaired) electrons. The Bertz CT molecular complexity index is 557. The van der Waals surface area contributed by atoms with Crippen molar-refractivity contribution in [3.8, 4) is 0 Å². The van der Waals surface area contributed by atoms with Gasteiger partial charge >= 0.3 is 11.9 Å². The van der Waals surface area contributed by atoms with Gasteiger partial charge in [0.15, 0.2) is 0 Å². The lowest BCUT2D eigenvalue weighted by Crippen LogP contribution is -2.26. The van der Waals surface area contributed by atoms with Gasteiger partial charge in [0.2, 0.25) is 0 Å². The normalized spacial score (nSPS) is 18.8. The second-order valence-corrected chi connectivity index (χ2v) is 7.52. The van der Waals surface area contributed by atoms with Crippen molar-refractivity contribution in [1.82, 2.24) is 0 Å². The summed E-state index contributed by atoms with van der Waals surface area (Å²) < 4.78 is 9.99. The zero-order valence-electron chi connectivity index (χ0n) is 17.1. The molecule has 0 aliphatic heterocycles. The van der Waals surface area contributed by atoms with Crippen LogP contribution < -0.4 is 0 Å². The van der Waals surface area contributed by atoms with Crippen molar-refractivity contribution in [2.24, 2.45) is 11.8 Å². The molecule has 0 N–H and O–H groups in total. The lowest BCUT2D eigenvalue weighted by atomic mass is 9.77. The van der Waals surface area contributed by atoms with Crippen molar-refractivity contribution >= 4 is 23.5 Å². The fourth-order valence-corrected chi connectivity index (χ4v) is 3.21. The van der Waals surface area contributed by atoms with Crippen LogP contribution in [-0.2, 0) is 28.7 Å². The van der Waals surface area contributed by atoms with Crippen LogP contribution in [0.4, 0.5) is 0 Å². The highest BCUT2D eigenvalue weighted by molar-refractivity contribution is 5.87. The van der Waals surface area contributed by atoms with Gasteiger partial charge < -0.3 is 9.47 Å². The number of rotatable bonds is 12. The van der Waals surface area contributed by atoms with Crippen LogP contribution in [0.3, 0.4) is 0 Å². The third kappa shape index (κ3) is 8.63. The van der Waals surface area contributed by atoms with Crippen LogP contribution in [0.15, 0.2) is 24.3 Å². The first-order chi connectivity index (χ1) is 13.2. The molecule has 1 aliphatic rings. The predicted molar refractivity (Wildman–Crippen MR) is 105 cm³/mol. The fourth-order valence-electron chi connectivity index (χ4n) is 3.21. The molecule has 0 aromatic carbocycles. The number of ketones is 2. The van der Waals surface area contributed by atoms with Gasteiger partial charge in [0, 0.05) is 35.8 Å². The van der Waals surface area contributed by atoms with E-state index in [-0.39, 0.29) is 36.6 Å². The maximum absolute atomic E-state index is 12.3. The lowest BCUT2D eigenvalue weighted by Gasteiger charge is -2.26. The minimum atomic E-state index is -0.430. The summed E-state index contributed by atoms with van der Waals surface area (Å²) in [6.07, 6.45) is 4.72. The molecule has 0 aromatic heterocycles. The third-order valence-electron chi connectivity index (χ3n) is 4.94. The van der Waals surface area contributed by atoms with E-state index in [1.54, 1.807) is 13.8 Å². The van der Waals surface area contributed by atoms with E-state index in [9.17, 15) is 19.2 Å². The third-order valence-corrected chi connectivity index (χ3v) is 4.94. The van der Waals surface area contributed by atoms with Crippen molar-refractivity contribution in [1.29, 1.82) is 0 Å². The van der Waals surface area contributed by atoms with Crippen LogP contribution in [0.25, 0.3) is 0 Å². The monoisotopic (exact) mass is 392 g/mol. The van der Waals surface area contributed by atoms with Crippen molar-refractivity contribution in [3.05, 3.63) is 24.3 Å². The Morgan fingerprint density at radius 2 is 1.04 bits per heavy atom. The molecule has 1 fully saturated rings. The van der Waals surface area contributed by atoms with E-state index in [4.69, 9.17) is 9.47 Å². The van der Waals surface area contributed by atoms with Crippen LogP contribution in [0, 0.1) is 11.8 Å². The second kappa shape index (κ2) is 12.3. The highest BCUT2D eigenvalue weighted by atomic mass is 16.5. The minimum Gasteiger partial charge on any atom is -0.462 e. The first-order valence-corrected chi connectivity index (χ1v) is 9.93. The summed E-state index contributed by atoms with van der Waals surface area (Å²) in [4.78, 5) is 47.1. The number of carbonyl (C=O) groups is 4. The average Bonchev–Trinajstić information content (AvgIpc) is 2.67. The van der Waals surface area contributed by atoms with Gasteiger partial charge in [-0.25, -0.2) is 9.59 Å². The van der Waals surface area contributed by atoms with Gasteiger partial charge in [0.05, 0.1) is 13.2 Å². The highest BCUT2D eigenvalue weighted by Gasteiger charge is 2.29. The maximum atomic E-state index is 12.3. The van der Waals surface area contributed by atoms with E-state index < -0.39 is 11.9 Å². The Balaban J connectivity index is 2.19. The summed E-state index contributed by atoms with van der Waals surface area (Å²) in [6, 6.07) is 0. The van der Waals surface area contributed by atoms with Gasteiger partial charge in [-0.1, -0.05) is 13.2 Å². The van der Waals surface area contributed by atoms with Gasteiger partial charge in [-0.2, -0.15) is 0 Å². The number of carbonyl (C=O) groups excluding carboxylic acids is 4. The van der Waals surface area contributed by atoms with Gasteiger partial charge in [-0.15, -0.1) is 0 Å². The van der Waals surface area contributed by atoms with Gasteiger partial charge in [0.1, 0.15) is 11.6 Å². The van der Waals surface area contributed by atoms with E-state index in [0.717, 1.165) is 25.7 Å². The smallest absolute Gasteiger partial charge is 0.333 e. The van der Waals surface area contributed by atoms with E-state index in [2.05, 4.69) is 13.2 Å². The van der Waals surface area contributed by atoms with E-state index in [0.29, 0.717) is 36.8 Å². The van der Waals surface area contributed by atoms with Crippen molar-refractivity contribution < 1.29 is 28.7 Å². The topological polar surface area (TPSA) is 86.7 Å². The van der Waals surface area contributed by atoms with E-state index >= 15 is 0 Å². The molecule has 156 valence electrons. The molecule has 0 bridgehead atoms. The molecular weight excluding hydrogens is 360 g/mol. The largest absolute Gasteiger partial charge is 0.462 e. The molecule has 0 saturated heterocycles. The fraction of sp³-hybridized carbons (Fsp3) is 0.636. The number of ether oxygens (including phenoxy) is 2. The van der Waals surface area contributed by atoms with Crippen LogP contribution in [0.5, 0.6) is 0 Å². The maximum Gasteiger partial charge on any atom is 0.333 e. The molecular formula is C22H32O6. The van der Waals surface area contributed by atoms with Crippen molar-refractivity contribution in [2.75, 3.05) is 13.2 Å². The summed E-state index contributed by atoms with van der Waals surface area (Å²) >= 11 is 0. The Morgan fingerprint density at radius 3 is 1.32 bits per heavy atom. The molecule has 1 rings (SSSR count). The SMILES string of the molecule is C=C(C)C(=O)OCCCC(=O)C1CCC(C(=O)CCCOC(=O)C(=C)C)CC1. The average molecular weight is 392 g/mol. The summed E-state index contributed by atoms with van der Waals surface area (Å²) in [5, 5.41) is 0. The predicted octanol–water partition coefficient (Wildman–Crippen LogP) is 3.73. The molecule has 1 saturated carbocycles. The molecule has 0 atom stereocenters. The van der Waals surface area contributed by atoms with Gasteiger partial charge in [-0.05, 0) is 52.4 Å².